The molecule has 5 heteroatoms. The van der Waals surface area contributed by atoms with Crippen molar-refractivity contribution in [3.05, 3.63) is 29.8 Å². The zero-order chi connectivity index (χ0) is 14.5. The van der Waals surface area contributed by atoms with Crippen molar-refractivity contribution in [2.75, 3.05) is 20.2 Å². The molecule has 1 N–H and O–H groups in total. The molecule has 0 spiro atoms. The lowest BCUT2D eigenvalue weighted by molar-refractivity contribution is -0.148. The molecule has 1 heterocycles. The first-order chi connectivity index (χ1) is 9.61. The summed E-state index contributed by atoms with van der Waals surface area (Å²) >= 11 is 0. The van der Waals surface area contributed by atoms with Gasteiger partial charge in [0.05, 0.1) is 19.4 Å². The van der Waals surface area contributed by atoms with Crippen LogP contribution in [-0.4, -0.2) is 42.1 Å². The minimum atomic E-state index is -0.259. The number of carbonyl (C=O) groups excluding carboxylic acids is 2. The van der Waals surface area contributed by atoms with Crippen LogP contribution in [0.2, 0.25) is 0 Å². The number of carbonyl (C=O) groups is 2. The van der Waals surface area contributed by atoms with Gasteiger partial charge in [0.15, 0.2) is 0 Å². The van der Waals surface area contributed by atoms with Crippen molar-refractivity contribution in [1.29, 1.82) is 0 Å². The molecular weight excluding hydrogens is 258 g/mol. The third-order valence-electron chi connectivity index (χ3n) is 3.64. The molecule has 1 aliphatic heterocycles. The van der Waals surface area contributed by atoms with Crippen molar-refractivity contribution in [3.63, 3.8) is 0 Å². The van der Waals surface area contributed by atoms with Crippen LogP contribution in [0.5, 0.6) is 5.75 Å². The van der Waals surface area contributed by atoms with Crippen LogP contribution in [0.25, 0.3) is 0 Å². The summed E-state index contributed by atoms with van der Waals surface area (Å²) in [7, 11) is 1.37. The van der Waals surface area contributed by atoms with E-state index in [4.69, 9.17) is 4.74 Å². The van der Waals surface area contributed by atoms with Crippen molar-refractivity contribution in [2.24, 2.45) is 5.92 Å². The van der Waals surface area contributed by atoms with E-state index in [1.54, 1.807) is 29.2 Å². The van der Waals surface area contributed by atoms with Crippen molar-refractivity contribution in [2.45, 2.75) is 19.3 Å². The number of esters is 1. The summed E-state index contributed by atoms with van der Waals surface area (Å²) in [6.45, 7) is 1.05. The number of piperidine rings is 1. The van der Waals surface area contributed by atoms with E-state index in [2.05, 4.69) is 0 Å². The number of benzene rings is 1. The maximum Gasteiger partial charge on any atom is 0.310 e. The van der Waals surface area contributed by atoms with Gasteiger partial charge in [0.2, 0.25) is 5.91 Å². The second-order valence-corrected chi connectivity index (χ2v) is 5.01. The van der Waals surface area contributed by atoms with Gasteiger partial charge in [-0.05, 0) is 18.9 Å². The number of amides is 1. The molecule has 2 rings (SSSR count). The van der Waals surface area contributed by atoms with Gasteiger partial charge >= 0.3 is 5.97 Å². The second-order valence-electron chi connectivity index (χ2n) is 5.01. The van der Waals surface area contributed by atoms with E-state index >= 15 is 0 Å². The first-order valence-electron chi connectivity index (χ1n) is 6.74. The van der Waals surface area contributed by atoms with Gasteiger partial charge < -0.3 is 14.7 Å². The number of likely N-dealkylation sites (tertiary alicyclic amines) is 1. The number of hydrogen-bond acceptors (Lipinski definition) is 4. The van der Waals surface area contributed by atoms with Crippen LogP contribution >= 0.6 is 0 Å². The summed E-state index contributed by atoms with van der Waals surface area (Å²) < 4.78 is 4.74. The van der Waals surface area contributed by atoms with Crippen LogP contribution in [0, 0.1) is 5.92 Å². The third kappa shape index (κ3) is 3.29. The number of phenolic OH excluding ortho intramolecular Hbond substituents is 1. The van der Waals surface area contributed by atoms with Crippen LogP contribution < -0.4 is 0 Å². The standard InChI is InChI=1S/C15H19NO4/c1-20-15(19)12-6-4-8-16(10-12)14(18)9-11-5-2-3-7-13(11)17/h2-3,5,7,12,17H,4,6,8-10H2,1H3/t12-/m0/s1. The molecule has 5 nitrogen and oxygen atoms in total. The molecule has 0 saturated carbocycles. The molecular formula is C15H19NO4. The number of para-hydroxylation sites is 1. The molecule has 0 aromatic heterocycles. The number of rotatable bonds is 3. The molecule has 0 unspecified atom stereocenters. The topological polar surface area (TPSA) is 66.8 Å². The van der Waals surface area contributed by atoms with Gasteiger partial charge in [-0.1, -0.05) is 18.2 Å². The Kier molecular flexibility index (Phi) is 4.61. The van der Waals surface area contributed by atoms with Gasteiger partial charge in [0.25, 0.3) is 0 Å². The number of aromatic hydroxyl groups is 1. The van der Waals surface area contributed by atoms with E-state index in [-0.39, 0.29) is 30.0 Å². The van der Waals surface area contributed by atoms with Gasteiger partial charge in [-0.2, -0.15) is 0 Å². The largest absolute Gasteiger partial charge is 0.508 e. The molecule has 1 aromatic carbocycles. The average Bonchev–Trinajstić information content (AvgIpc) is 2.49. The fourth-order valence-corrected chi connectivity index (χ4v) is 2.50. The van der Waals surface area contributed by atoms with Crippen molar-refractivity contribution >= 4 is 11.9 Å². The molecule has 108 valence electrons. The minimum Gasteiger partial charge on any atom is -0.508 e. The minimum absolute atomic E-state index is 0.0693. The number of methoxy groups -OCH3 is 1. The first-order valence-corrected chi connectivity index (χ1v) is 6.74. The molecule has 1 amide bonds. The van der Waals surface area contributed by atoms with E-state index in [0.29, 0.717) is 18.7 Å². The van der Waals surface area contributed by atoms with E-state index in [0.717, 1.165) is 12.8 Å². The Balaban J connectivity index is 1.99. The quantitative estimate of drug-likeness (QED) is 0.847. The highest BCUT2D eigenvalue weighted by atomic mass is 16.5. The summed E-state index contributed by atoms with van der Waals surface area (Å²) in [5, 5.41) is 9.69. The molecule has 1 atom stereocenters. The Hall–Kier alpha value is -2.04. The molecule has 1 fully saturated rings. The van der Waals surface area contributed by atoms with Crippen LogP contribution in [-0.2, 0) is 20.7 Å². The van der Waals surface area contributed by atoms with Gasteiger partial charge in [0, 0.05) is 18.7 Å². The predicted octanol–water partition coefficient (Wildman–Crippen LogP) is 1.35. The summed E-state index contributed by atoms with van der Waals surface area (Å²) in [5.41, 5.74) is 0.609. The lowest BCUT2D eigenvalue weighted by Gasteiger charge is -2.31. The summed E-state index contributed by atoms with van der Waals surface area (Å²) in [4.78, 5) is 25.5. The lowest BCUT2D eigenvalue weighted by atomic mass is 9.97. The van der Waals surface area contributed by atoms with Crippen LogP contribution in [0.4, 0.5) is 0 Å². The molecule has 1 aliphatic rings. The Bertz CT molecular complexity index is 500. The molecule has 0 radical (unpaired) electrons. The molecule has 0 bridgehead atoms. The normalized spacial score (nSPS) is 18.6. The van der Waals surface area contributed by atoms with Crippen molar-refractivity contribution in [1.82, 2.24) is 4.90 Å². The maximum absolute atomic E-state index is 12.2. The highest BCUT2D eigenvalue weighted by Gasteiger charge is 2.29. The summed E-state index contributed by atoms with van der Waals surface area (Å²) in [5.74, 6) is -0.436. The Morgan fingerprint density at radius 1 is 1.40 bits per heavy atom. The summed E-state index contributed by atoms with van der Waals surface area (Å²) in [6.07, 6.45) is 1.71. The molecule has 0 aliphatic carbocycles. The van der Waals surface area contributed by atoms with Crippen LogP contribution in [0.15, 0.2) is 24.3 Å². The molecule has 1 saturated heterocycles. The molecule has 1 aromatic rings. The smallest absolute Gasteiger partial charge is 0.310 e. The van der Waals surface area contributed by atoms with Crippen molar-refractivity contribution in [3.8, 4) is 5.75 Å². The maximum atomic E-state index is 12.2. The van der Waals surface area contributed by atoms with E-state index in [1.165, 1.54) is 7.11 Å². The Labute approximate surface area is 118 Å². The third-order valence-corrected chi connectivity index (χ3v) is 3.64. The first kappa shape index (κ1) is 14.4. The molecule has 20 heavy (non-hydrogen) atoms. The SMILES string of the molecule is COC(=O)[C@H]1CCCN(C(=O)Cc2ccccc2O)C1. The fraction of sp³-hybridized carbons (Fsp3) is 0.467. The fourth-order valence-electron chi connectivity index (χ4n) is 2.50. The average molecular weight is 277 g/mol. The van der Waals surface area contributed by atoms with Crippen LogP contribution in [0.3, 0.4) is 0 Å². The van der Waals surface area contributed by atoms with E-state index < -0.39 is 0 Å². The number of nitrogens with zero attached hydrogens (tertiary/aromatic N) is 1. The Morgan fingerprint density at radius 3 is 2.85 bits per heavy atom. The lowest BCUT2D eigenvalue weighted by Crippen LogP contribution is -2.43. The van der Waals surface area contributed by atoms with Gasteiger partial charge in [-0.3, -0.25) is 9.59 Å². The zero-order valence-corrected chi connectivity index (χ0v) is 11.5. The summed E-state index contributed by atoms with van der Waals surface area (Å²) in [6, 6.07) is 6.80. The number of ether oxygens (including phenoxy) is 1. The number of hydrogen-bond donors (Lipinski definition) is 1. The predicted molar refractivity (Wildman–Crippen MR) is 73.1 cm³/mol. The monoisotopic (exact) mass is 277 g/mol. The second kappa shape index (κ2) is 6.41. The van der Waals surface area contributed by atoms with E-state index in [9.17, 15) is 14.7 Å². The zero-order valence-electron chi connectivity index (χ0n) is 11.5. The highest BCUT2D eigenvalue weighted by Crippen LogP contribution is 2.21. The van der Waals surface area contributed by atoms with Gasteiger partial charge in [-0.25, -0.2) is 0 Å². The number of phenols is 1. The van der Waals surface area contributed by atoms with Gasteiger partial charge in [0.1, 0.15) is 5.75 Å². The Morgan fingerprint density at radius 2 is 2.15 bits per heavy atom. The van der Waals surface area contributed by atoms with Crippen LogP contribution in [0.1, 0.15) is 18.4 Å². The van der Waals surface area contributed by atoms with Crippen molar-refractivity contribution < 1.29 is 19.4 Å². The highest BCUT2D eigenvalue weighted by molar-refractivity contribution is 5.81. The van der Waals surface area contributed by atoms with Gasteiger partial charge in [-0.15, -0.1) is 0 Å². The van der Waals surface area contributed by atoms with E-state index in [1.807, 2.05) is 0 Å².